The van der Waals surface area contributed by atoms with Gasteiger partial charge in [0.2, 0.25) is 5.91 Å². The Labute approximate surface area is 125 Å². The van der Waals surface area contributed by atoms with Crippen molar-refractivity contribution in [1.29, 1.82) is 0 Å². The maximum Gasteiger partial charge on any atom is 0.335 e. The topological polar surface area (TPSA) is 110 Å². The number of aromatic carboxylic acids is 1. The van der Waals surface area contributed by atoms with E-state index in [1.807, 2.05) is 0 Å². The number of carboxylic acid groups (broad SMARTS) is 1. The Morgan fingerprint density at radius 2 is 1.86 bits per heavy atom. The molecular weight excluding hydrogens is 288 g/mol. The third-order valence-corrected chi connectivity index (χ3v) is 2.94. The lowest BCUT2D eigenvalue weighted by molar-refractivity contribution is -0.384. The average Bonchev–Trinajstić information content (AvgIpc) is 2.47. The first-order valence-electron chi connectivity index (χ1n) is 6.33. The molecule has 0 unspecified atom stereocenters. The minimum Gasteiger partial charge on any atom is -0.478 e. The van der Waals surface area contributed by atoms with Crippen molar-refractivity contribution in [3.8, 4) is 0 Å². The molecule has 2 aromatic carbocycles. The monoisotopic (exact) mass is 300 g/mol. The second kappa shape index (κ2) is 6.49. The van der Waals surface area contributed by atoms with E-state index in [2.05, 4.69) is 5.32 Å². The molecule has 0 fully saturated rings. The summed E-state index contributed by atoms with van der Waals surface area (Å²) in [4.78, 5) is 33.2. The molecule has 7 heteroatoms. The minimum absolute atomic E-state index is 0.0525. The van der Waals surface area contributed by atoms with E-state index in [1.54, 1.807) is 18.2 Å². The summed E-state index contributed by atoms with van der Waals surface area (Å²) in [6.45, 7) is 0. The molecule has 0 spiro atoms. The Bertz CT molecular complexity index is 742. The number of nitro benzene ring substituents is 1. The Balaban J connectivity index is 2.12. The minimum atomic E-state index is -1.11. The molecule has 112 valence electrons. The summed E-state index contributed by atoms with van der Waals surface area (Å²) in [6.07, 6.45) is -0.134. The van der Waals surface area contributed by atoms with Crippen LogP contribution in [0.4, 0.5) is 11.4 Å². The zero-order valence-corrected chi connectivity index (χ0v) is 11.4. The molecular formula is C15H12N2O5. The Kier molecular flexibility index (Phi) is 4.47. The SMILES string of the molecule is O=C(Cc1ccccc1C(=O)O)Nc1cccc([N+](=O)[O-])c1. The first-order valence-corrected chi connectivity index (χ1v) is 6.33. The predicted octanol–water partition coefficient (Wildman–Crippen LogP) is 2.47. The maximum absolute atomic E-state index is 12.0. The van der Waals surface area contributed by atoms with Crippen molar-refractivity contribution in [2.24, 2.45) is 0 Å². The van der Waals surface area contributed by atoms with Gasteiger partial charge in [-0.1, -0.05) is 24.3 Å². The standard InChI is InChI=1S/C15H12N2O5/c18-14(8-10-4-1-2-7-13(10)15(19)20)16-11-5-3-6-12(9-11)17(21)22/h1-7,9H,8H2,(H,16,18)(H,19,20). The first kappa shape index (κ1) is 15.2. The van der Waals surface area contributed by atoms with Crippen molar-refractivity contribution >= 4 is 23.3 Å². The maximum atomic E-state index is 12.0. The highest BCUT2D eigenvalue weighted by molar-refractivity contribution is 5.96. The highest BCUT2D eigenvalue weighted by Crippen LogP contribution is 2.17. The third kappa shape index (κ3) is 3.66. The number of nitro groups is 1. The molecule has 1 amide bonds. The highest BCUT2D eigenvalue weighted by atomic mass is 16.6. The van der Waals surface area contributed by atoms with E-state index in [-0.39, 0.29) is 23.4 Å². The number of nitrogens with zero attached hydrogens (tertiary/aromatic N) is 1. The van der Waals surface area contributed by atoms with Crippen LogP contribution in [0.1, 0.15) is 15.9 Å². The molecule has 0 aliphatic carbocycles. The van der Waals surface area contributed by atoms with E-state index in [1.165, 1.54) is 30.3 Å². The average molecular weight is 300 g/mol. The molecule has 0 heterocycles. The van der Waals surface area contributed by atoms with Gasteiger partial charge in [-0.2, -0.15) is 0 Å². The van der Waals surface area contributed by atoms with Crippen molar-refractivity contribution in [2.75, 3.05) is 5.32 Å². The van der Waals surface area contributed by atoms with Crippen LogP contribution in [0, 0.1) is 10.1 Å². The number of non-ortho nitro benzene ring substituents is 1. The van der Waals surface area contributed by atoms with Crippen LogP contribution in [0.3, 0.4) is 0 Å². The van der Waals surface area contributed by atoms with Gasteiger partial charge in [0.05, 0.1) is 16.9 Å². The van der Waals surface area contributed by atoms with Gasteiger partial charge in [0.25, 0.3) is 5.69 Å². The van der Waals surface area contributed by atoms with Crippen LogP contribution in [0.15, 0.2) is 48.5 Å². The number of carbonyl (C=O) groups excluding carboxylic acids is 1. The molecule has 2 rings (SSSR count). The molecule has 0 atom stereocenters. The van der Waals surface area contributed by atoms with Crippen LogP contribution < -0.4 is 5.32 Å². The lowest BCUT2D eigenvalue weighted by Crippen LogP contribution is -2.16. The fourth-order valence-electron chi connectivity index (χ4n) is 1.96. The summed E-state index contributed by atoms with van der Waals surface area (Å²) in [5, 5.41) is 22.3. The molecule has 0 bridgehead atoms. The van der Waals surface area contributed by atoms with E-state index in [4.69, 9.17) is 5.11 Å². The molecule has 0 saturated carbocycles. The van der Waals surface area contributed by atoms with Gasteiger partial charge in [-0.25, -0.2) is 4.79 Å². The number of benzene rings is 2. The molecule has 0 aliphatic rings. The van der Waals surface area contributed by atoms with Gasteiger partial charge < -0.3 is 10.4 Å². The number of anilines is 1. The number of carboxylic acids is 1. The van der Waals surface area contributed by atoms with Gasteiger partial charge in [-0.05, 0) is 17.7 Å². The van der Waals surface area contributed by atoms with E-state index in [0.717, 1.165) is 0 Å². The summed E-state index contributed by atoms with van der Waals surface area (Å²) >= 11 is 0. The van der Waals surface area contributed by atoms with Crippen molar-refractivity contribution in [1.82, 2.24) is 0 Å². The van der Waals surface area contributed by atoms with Gasteiger partial charge in [0.15, 0.2) is 0 Å². The summed E-state index contributed by atoms with van der Waals surface area (Å²) in [5.41, 5.74) is 0.574. The Hall–Kier alpha value is -3.22. The smallest absolute Gasteiger partial charge is 0.335 e. The van der Waals surface area contributed by atoms with Crippen molar-refractivity contribution in [3.05, 3.63) is 69.8 Å². The molecule has 7 nitrogen and oxygen atoms in total. The summed E-state index contributed by atoms with van der Waals surface area (Å²) in [6, 6.07) is 11.7. The Morgan fingerprint density at radius 3 is 2.55 bits per heavy atom. The second-order valence-corrected chi connectivity index (χ2v) is 4.49. The van der Waals surface area contributed by atoms with Crippen LogP contribution in [-0.4, -0.2) is 21.9 Å². The van der Waals surface area contributed by atoms with Crippen LogP contribution in [0.25, 0.3) is 0 Å². The van der Waals surface area contributed by atoms with Crippen LogP contribution in [0.2, 0.25) is 0 Å². The number of hydrogen-bond donors (Lipinski definition) is 2. The fourth-order valence-corrected chi connectivity index (χ4v) is 1.96. The number of amides is 1. The zero-order chi connectivity index (χ0) is 16.1. The van der Waals surface area contributed by atoms with Crippen molar-refractivity contribution in [2.45, 2.75) is 6.42 Å². The second-order valence-electron chi connectivity index (χ2n) is 4.49. The lowest BCUT2D eigenvalue weighted by atomic mass is 10.0. The van der Waals surface area contributed by atoms with E-state index in [0.29, 0.717) is 5.56 Å². The normalized spacial score (nSPS) is 10.0. The highest BCUT2D eigenvalue weighted by Gasteiger charge is 2.13. The summed E-state index contributed by atoms with van der Waals surface area (Å²) in [5.74, 6) is -1.56. The predicted molar refractivity (Wildman–Crippen MR) is 78.8 cm³/mol. The van der Waals surface area contributed by atoms with E-state index in [9.17, 15) is 19.7 Å². The number of hydrogen-bond acceptors (Lipinski definition) is 4. The molecule has 2 aromatic rings. The fraction of sp³-hybridized carbons (Fsp3) is 0.0667. The van der Waals surface area contributed by atoms with Crippen LogP contribution >= 0.6 is 0 Å². The summed E-state index contributed by atoms with van der Waals surface area (Å²) < 4.78 is 0. The third-order valence-electron chi connectivity index (χ3n) is 2.94. The van der Waals surface area contributed by atoms with Crippen molar-refractivity contribution in [3.63, 3.8) is 0 Å². The number of rotatable bonds is 5. The molecule has 22 heavy (non-hydrogen) atoms. The Morgan fingerprint density at radius 1 is 1.14 bits per heavy atom. The largest absolute Gasteiger partial charge is 0.478 e. The number of carbonyl (C=O) groups is 2. The molecule has 0 aromatic heterocycles. The van der Waals surface area contributed by atoms with Gasteiger partial charge in [0.1, 0.15) is 0 Å². The number of nitrogens with one attached hydrogen (secondary N) is 1. The molecule has 2 N–H and O–H groups in total. The van der Waals surface area contributed by atoms with Gasteiger partial charge >= 0.3 is 5.97 Å². The molecule has 0 radical (unpaired) electrons. The summed E-state index contributed by atoms with van der Waals surface area (Å²) in [7, 11) is 0. The van der Waals surface area contributed by atoms with E-state index < -0.39 is 16.8 Å². The van der Waals surface area contributed by atoms with Gasteiger partial charge in [-0.3, -0.25) is 14.9 Å². The lowest BCUT2D eigenvalue weighted by Gasteiger charge is -2.07. The van der Waals surface area contributed by atoms with Crippen LogP contribution in [0.5, 0.6) is 0 Å². The molecule has 0 aliphatic heterocycles. The van der Waals surface area contributed by atoms with Gasteiger partial charge in [-0.15, -0.1) is 0 Å². The quantitative estimate of drug-likeness (QED) is 0.651. The first-order chi connectivity index (χ1) is 10.5. The van der Waals surface area contributed by atoms with Crippen molar-refractivity contribution < 1.29 is 19.6 Å². The van der Waals surface area contributed by atoms with Gasteiger partial charge in [0, 0.05) is 17.8 Å². The van der Waals surface area contributed by atoms with E-state index >= 15 is 0 Å². The van der Waals surface area contributed by atoms with Crippen LogP contribution in [-0.2, 0) is 11.2 Å². The molecule has 0 saturated heterocycles. The zero-order valence-electron chi connectivity index (χ0n) is 11.4.